The van der Waals surface area contributed by atoms with Crippen molar-refractivity contribution in [3.05, 3.63) is 71.3 Å². The SMILES string of the molecule is C[C@@H](C(=O)Nc1ccccc1Cl)N1CCN(C/C=C/c2ccccc2)CC1. The van der Waals surface area contributed by atoms with E-state index in [1.165, 1.54) is 5.56 Å². The molecule has 1 fully saturated rings. The molecule has 1 aliphatic rings. The third-order valence-corrected chi connectivity index (χ3v) is 5.27. The minimum atomic E-state index is -0.178. The number of nitrogens with one attached hydrogen (secondary N) is 1. The molecule has 4 nitrogen and oxygen atoms in total. The van der Waals surface area contributed by atoms with E-state index in [-0.39, 0.29) is 11.9 Å². The molecule has 0 unspecified atom stereocenters. The van der Waals surface area contributed by atoms with E-state index in [4.69, 9.17) is 11.6 Å². The number of rotatable bonds is 6. The summed E-state index contributed by atoms with van der Waals surface area (Å²) in [7, 11) is 0. The van der Waals surface area contributed by atoms with E-state index in [0.717, 1.165) is 32.7 Å². The molecule has 2 aromatic rings. The first kappa shape index (κ1) is 19.6. The van der Waals surface area contributed by atoms with Crippen molar-refractivity contribution in [2.24, 2.45) is 0 Å². The van der Waals surface area contributed by atoms with E-state index in [0.29, 0.717) is 10.7 Å². The molecule has 0 bridgehead atoms. The molecule has 1 aliphatic heterocycles. The van der Waals surface area contributed by atoms with Crippen LogP contribution in [0.2, 0.25) is 5.02 Å². The molecule has 0 radical (unpaired) electrons. The molecule has 1 N–H and O–H groups in total. The van der Waals surface area contributed by atoms with Gasteiger partial charge in [-0.2, -0.15) is 0 Å². The van der Waals surface area contributed by atoms with Crippen molar-refractivity contribution in [2.75, 3.05) is 38.0 Å². The lowest BCUT2D eigenvalue weighted by molar-refractivity contribution is -0.121. The number of halogens is 1. The van der Waals surface area contributed by atoms with E-state index < -0.39 is 0 Å². The fourth-order valence-corrected chi connectivity index (χ4v) is 3.38. The van der Waals surface area contributed by atoms with Gasteiger partial charge in [-0.1, -0.05) is 66.2 Å². The van der Waals surface area contributed by atoms with Gasteiger partial charge in [-0.3, -0.25) is 14.6 Å². The smallest absolute Gasteiger partial charge is 0.241 e. The number of hydrogen-bond acceptors (Lipinski definition) is 3. The van der Waals surface area contributed by atoms with Gasteiger partial charge in [-0.15, -0.1) is 0 Å². The molecule has 0 aliphatic carbocycles. The summed E-state index contributed by atoms with van der Waals surface area (Å²) in [6.07, 6.45) is 4.37. The molecule has 3 rings (SSSR count). The first-order chi connectivity index (χ1) is 13.1. The lowest BCUT2D eigenvalue weighted by Crippen LogP contribution is -2.52. The van der Waals surface area contributed by atoms with Crippen LogP contribution in [0.15, 0.2) is 60.7 Å². The normalized spacial score (nSPS) is 17.1. The van der Waals surface area contributed by atoms with Crippen LogP contribution in [0.3, 0.4) is 0 Å². The second-order valence-corrected chi connectivity index (χ2v) is 7.20. The molecule has 0 saturated carbocycles. The van der Waals surface area contributed by atoms with Gasteiger partial charge >= 0.3 is 0 Å². The fourth-order valence-electron chi connectivity index (χ4n) is 3.20. The molecule has 0 spiro atoms. The number of carbonyl (C=O) groups is 1. The molecule has 2 aromatic carbocycles. The number of anilines is 1. The van der Waals surface area contributed by atoms with Crippen LogP contribution in [0.25, 0.3) is 6.08 Å². The van der Waals surface area contributed by atoms with Crippen molar-refractivity contribution in [3.63, 3.8) is 0 Å². The molecule has 1 atom stereocenters. The van der Waals surface area contributed by atoms with E-state index in [2.05, 4.69) is 39.4 Å². The lowest BCUT2D eigenvalue weighted by atomic mass is 10.2. The fraction of sp³-hybridized carbons (Fsp3) is 0.318. The third-order valence-electron chi connectivity index (χ3n) is 4.94. The van der Waals surface area contributed by atoms with Crippen LogP contribution in [0.1, 0.15) is 12.5 Å². The second-order valence-electron chi connectivity index (χ2n) is 6.79. The first-order valence-corrected chi connectivity index (χ1v) is 9.74. The molecular formula is C22H26ClN3O. The van der Waals surface area contributed by atoms with Crippen LogP contribution < -0.4 is 5.32 Å². The molecule has 1 saturated heterocycles. The number of para-hydroxylation sites is 1. The molecule has 142 valence electrons. The van der Waals surface area contributed by atoms with Gasteiger partial charge in [0.25, 0.3) is 0 Å². The van der Waals surface area contributed by atoms with Gasteiger partial charge in [0.2, 0.25) is 5.91 Å². The monoisotopic (exact) mass is 383 g/mol. The standard InChI is InChI=1S/C22H26ClN3O/c1-18(22(27)24-21-12-6-5-11-20(21)23)26-16-14-25(15-17-26)13-7-10-19-8-3-2-4-9-19/h2-12,18H,13-17H2,1H3,(H,24,27)/b10-7+/t18-/m0/s1. The Bertz CT molecular complexity index is 770. The second kappa shape index (κ2) is 9.70. The van der Waals surface area contributed by atoms with E-state index >= 15 is 0 Å². The highest BCUT2D eigenvalue weighted by Gasteiger charge is 2.25. The summed E-state index contributed by atoms with van der Waals surface area (Å²) in [5.74, 6) is -0.0134. The van der Waals surface area contributed by atoms with Crippen LogP contribution in [0.5, 0.6) is 0 Å². The van der Waals surface area contributed by atoms with Gasteiger partial charge in [-0.25, -0.2) is 0 Å². The van der Waals surface area contributed by atoms with E-state index in [1.807, 2.05) is 43.3 Å². The minimum absolute atomic E-state index is 0.0134. The predicted octanol–water partition coefficient (Wildman–Crippen LogP) is 4.00. The Kier molecular flexibility index (Phi) is 7.04. The van der Waals surface area contributed by atoms with Crippen molar-refractivity contribution in [1.82, 2.24) is 9.80 Å². The van der Waals surface area contributed by atoms with Crippen molar-refractivity contribution in [1.29, 1.82) is 0 Å². The first-order valence-electron chi connectivity index (χ1n) is 9.37. The zero-order chi connectivity index (χ0) is 19.1. The minimum Gasteiger partial charge on any atom is -0.323 e. The summed E-state index contributed by atoms with van der Waals surface area (Å²) >= 11 is 6.13. The number of hydrogen-bond donors (Lipinski definition) is 1. The summed E-state index contributed by atoms with van der Waals surface area (Å²) in [5.41, 5.74) is 1.89. The summed E-state index contributed by atoms with van der Waals surface area (Å²) in [5, 5.41) is 3.50. The number of nitrogens with zero attached hydrogens (tertiary/aromatic N) is 2. The molecule has 1 amide bonds. The Balaban J connectivity index is 1.45. The van der Waals surface area contributed by atoms with Crippen molar-refractivity contribution >= 4 is 29.3 Å². The maximum atomic E-state index is 12.5. The largest absolute Gasteiger partial charge is 0.323 e. The van der Waals surface area contributed by atoms with Crippen molar-refractivity contribution in [3.8, 4) is 0 Å². The van der Waals surface area contributed by atoms with Crippen LogP contribution in [-0.2, 0) is 4.79 Å². The Labute approximate surface area is 166 Å². The zero-order valence-corrected chi connectivity index (χ0v) is 16.4. The van der Waals surface area contributed by atoms with Crippen molar-refractivity contribution in [2.45, 2.75) is 13.0 Å². The number of carbonyl (C=O) groups excluding carboxylic acids is 1. The highest BCUT2D eigenvalue weighted by atomic mass is 35.5. The van der Waals surface area contributed by atoms with Crippen LogP contribution in [0.4, 0.5) is 5.69 Å². The molecule has 27 heavy (non-hydrogen) atoms. The van der Waals surface area contributed by atoms with Crippen LogP contribution in [-0.4, -0.2) is 54.5 Å². The summed E-state index contributed by atoms with van der Waals surface area (Å²) in [6.45, 7) is 6.58. The van der Waals surface area contributed by atoms with Gasteiger partial charge in [-0.05, 0) is 24.6 Å². The molecule has 0 aromatic heterocycles. The average molecular weight is 384 g/mol. The van der Waals surface area contributed by atoms with E-state index in [9.17, 15) is 4.79 Å². The number of piperazine rings is 1. The summed E-state index contributed by atoms with van der Waals surface area (Å²) in [6, 6.07) is 17.5. The topological polar surface area (TPSA) is 35.6 Å². The maximum absolute atomic E-state index is 12.5. The lowest BCUT2D eigenvalue weighted by Gasteiger charge is -2.37. The third kappa shape index (κ3) is 5.67. The summed E-state index contributed by atoms with van der Waals surface area (Å²) in [4.78, 5) is 17.2. The number of benzene rings is 2. The van der Waals surface area contributed by atoms with E-state index in [1.54, 1.807) is 6.07 Å². The van der Waals surface area contributed by atoms with Gasteiger partial charge < -0.3 is 5.32 Å². The highest BCUT2D eigenvalue weighted by Crippen LogP contribution is 2.21. The van der Waals surface area contributed by atoms with Gasteiger partial charge in [0.05, 0.1) is 16.8 Å². The molecule has 1 heterocycles. The Morgan fingerprint density at radius 2 is 1.74 bits per heavy atom. The Morgan fingerprint density at radius 3 is 2.44 bits per heavy atom. The predicted molar refractivity (Wildman–Crippen MR) is 113 cm³/mol. The van der Waals surface area contributed by atoms with Crippen molar-refractivity contribution < 1.29 is 4.79 Å². The quantitative estimate of drug-likeness (QED) is 0.819. The zero-order valence-electron chi connectivity index (χ0n) is 15.6. The Hall–Kier alpha value is -2.14. The molecular weight excluding hydrogens is 358 g/mol. The highest BCUT2D eigenvalue weighted by molar-refractivity contribution is 6.33. The van der Waals surface area contributed by atoms with Crippen LogP contribution in [0, 0.1) is 0 Å². The van der Waals surface area contributed by atoms with Crippen LogP contribution >= 0.6 is 11.6 Å². The van der Waals surface area contributed by atoms with Gasteiger partial charge in [0, 0.05) is 32.7 Å². The Morgan fingerprint density at radius 1 is 1.07 bits per heavy atom. The van der Waals surface area contributed by atoms with Gasteiger partial charge in [0.15, 0.2) is 0 Å². The molecule has 5 heteroatoms. The average Bonchev–Trinajstić information content (AvgIpc) is 2.70. The van der Waals surface area contributed by atoms with Gasteiger partial charge in [0.1, 0.15) is 0 Å². The maximum Gasteiger partial charge on any atom is 0.241 e. The number of amides is 1. The summed E-state index contributed by atoms with van der Waals surface area (Å²) < 4.78 is 0.